The third kappa shape index (κ3) is 2.27. The second-order valence-electron chi connectivity index (χ2n) is 4.28. The molecule has 3 rings (SSSR count). The minimum absolute atomic E-state index is 0.0800. The topological polar surface area (TPSA) is 31.2 Å². The highest BCUT2D eigenvalue weighted by Crippen LogP contribution is 2.18. The van der Waals surface area contributed by atoms with E-state index in [1.165, 1.54) is 11.5 Å². The quantitative estimate of drug-likeness (QED) is 0.733. The monoisotopic (exact) mass is 271 g/mol. The molecule has 0 bridgehead atoms. The Hall–Kier alpha value is -2.07. The van der Waals surface area contributed by atoms with Gasteiger partial charge in [0.05, 0.1) is 23.7 Å². The van der Waals surface area contributed by atoms with Gasteiger partial charge in [-0.1, -0.05) is 35.8 Å². The molecule has 0 radical (unpaired) electrons. The first-order valence-corrected chi connectivity index (χ1v) is 6.77. The van der Waals surface area contributed by atoms with Gasteiger partial charge in [0.2, 0.25) is 0 Å². The van der Waals surface area contributed by atoms with Gasteiger partial charge in [-0.25, -0.2) is 0 Å². The molecule has 96 valence electrons. The maximum Gasteiger partial charge on any atom is 0.268 e. The van der Waals surface area contributed by atoms with E-state index in [4.69, 9.17) is 4.74 Å². The first kappa shape index (κ1) is 12.0. The van der Waals surface area contributed by atoms with Crippen LogP contribution in [0.15, 0.2) is 53.3 Å². The molecule has 0 spiro atoms. The van der Waals surface area contributed by atoms with E-state index in [0.29, 0.717) is 6.54 Å². The fourth-order valence-corrected chi connectivity index (χ4v) is 3.04. The van der Waals surface area contributed by atoms with E-state index in [0.717, 1.165) is 21.4 Å². The van der Waals surface area contributed by atoms with E-state index >= 15 is 0 Å². The Kier molecular flexibility index (Phi) is 3.09. The van der Waals surface area contributed by atoms with Crippen molar-refractivity contribution >= 4 is 21.6 Å². The highest BCUT2D eigenvalue weighted by atomic mass is 32.1. The van der Waals surface area contributed by atoms with Crippen LogP contribution in [0.3, 0.4) is 0 Å². The Labute approximate surface area is 114 Å². The summed E-state index contributed by atoms with van der Waals surface area (Å²) < 4.78 is 7.94. The van der Waals surface area contributed by atoms with Gasteiger partial charge in [0, 0.05) is 0 Å². The number of aromatic nitrogens is 1. The standard InChI is InChI=1S/C15H13NO2S/c1-18-12-8-6-11(7-9-12)10-16-15(17)13-4-2-3-5-14(13)19-16/h2-9H,10H2,1H3. The van der Waals surface area contributed by atoms with Crippen molar-refractivity contribution in [1.82, 2.24) is 3.96 Å². The van der Waals surface area contributed by atoms with Gasteiger partial charge in [-0.3, -0.25) is 8.75 Å². The zero-order valence-electron chi connectivity index (χ0n) is 10.5. The highest BCUT2D eigenvalue weighted by molar-refractivity contribution is 7.13. The molecule has 3 nitrogen and oxygen atoms in total. The number of hydrogen-bond donors (Lipinski definition) is 0. The van der Waals surface area contributed by atoms with Crippen molar-refractivity contribution in [3.8, 4) is 5.75 Å². The molecule has 4 heteroatoms. The first-order chi connectivity index (χ1) is 9.28. The molecule has 0 amide bonds. The summed E-state index contributed by atoms with van der Waals surface area (Å²) in [5.41, 5.74) is 1.17. The molecule has 0 atom stereocenters. The lowest BCUT2D eigenvalue weighted by Crippen LogP contribution is -2.13. The summed E-state index contributed by atoms with van der Waals surface area (Å²) in [6.07, 6.45) is 0. The molecule has 2 aromatic carbocycles. The van der Waals surface area contributed by atoms with Crippen molar-refractivity contribution in [3.05, 3.63) is 64.4 Å². The Balaban J connectivity index is 1.96. The Morgan fingerprint density at radius 3 is 2.53 bits per heavy atom. The Bertz CT molecular complexity index is 756. The van der Waals surface area contributed by atoms with E-state index in [1.54, 1.807) is 11.1 Å². The summed E-state index contributed by atoms with van der Waals surface area (Å²) in [7, 11) is 1.64. The number of hydrogen-bond acceptors (Lipinski definition) is 3. The summed E-state index contributed by atoms with van der Waals surface area (Å²) in [6.45, 7) is 0.599. The van der Waals surface area contributed by atoms with Crippen molar-refractivity contribution < 1.29 is 4.74 Å². The van der Waals surface area contributed by atoms with Crippen LogP contribution >= 0.6 is 11.5 Å². The number of rotatable bonds is 3. The smallest absolute Gasteiger partial charge is 0.268 e. The number of benzene rings is 2. The van der Waals surface area contributed by atoms with E-state index < -0.39 is 0 Å². The van der Waals surface area contributed by atoms with E-state index in [2.05, 4.69) is 0 Å². The fourth-order valence-electron chi connectivity index (χ4n) is 2.02. The fraction of sp³-hybridized carbons (Fsp3) is 0.133. The first-order valence-electron chi connectivity index (χ1n) is 6.00. The summed E-state index contributed by atoms with van der Waals surface area (Å²) in [5, 5.41) is 0.793. The van der Waals surface area contributed by atoms with Crippen molar-refractivity contribution in [1.29, 1.82) is 0 Å². The van der Waals surface area contributed by atoms with Crippen LogP contribution in [0.25, 0.3) is 10.1 Å². The van der Waals surface area contributed by atoms with E-state index in [9.17, 15) is 4.79 Å². The van der Waals surface area contributed by atoms with Gasteiger partial charge in [0.25, 0.3) is 5.56 Å². The minimum atomic E-state index is 0.0800. The second-order valence-corrected chi connectivity index (χ2v) is 5.34. The van der Waals surface area contributed by atoms with Gasteiger partial charge in [0.15, 0.2) is 0 Å². The zero-order valence-corrected chi connectivity index (χ0v) is 11.3. The average molecular weight is 271 g/mol. The molecule has 0 aliphatic heterocycles. The summed E-state index contributed by atoms with van der Waals surface area (Å²) in [4.78, 5) is 12.2. The SMILES string of the molecule is COc1ccc(Cn2sc3ccccc3c2=O)cc1. The van der Waals surface area contributed by atoms with Gasteiger partial charge in [-0.15, -0.1) is 0 Å². The van der Waals surface area contributed by atoms with Gasteiger partial charge in [0.1, 0.15) is 5.75 Å². The summed E-state index contributed by atoms with van der Waals surface area (Å²) >= 11 is 1.50. The molecule has 0 saturated carbocycles. The maximum absolute atomic E-state index is 12.2. The molecule has 0 unspecified atom stereocenters. The molecule has 0 saturated heterocycles. The largest absolute Gasteiger partial charge is 0.497 e. The van der Waals surface area contributed by atoms with Crippen LogP contribution in [0.5, 0.6) is 5.75 Å². The molecular formula is C15H13NO2S. The lowest BCUT2D eigenvalue weighted by molar-refractivity contribution is 0.414. The van der Waals surface area contributed by atoms with Crippen molar-refractivity contribution in [3.63, 3.8) is 0 Å². The number of nitrogens with zero attached hydrogens (tertiary/aromatic N) is 1. The molecule has 0 N–H and O–H groups in total. The molecule has 0 aliphatic rings. The van der Waals surface area contributed by atoms with Crippen molar-refractivity contribution in [2.24, 2.45) is 0 Å². The van der Waals surface area contributed by atoms with Crippen LogP contribution in [0, 0.1) is 0 Å². The molecule has 3 aromatic rings. The summed E-state index contributed by atoms with van der Waals surface area (Å²) in [5.74, 6) is 0.826. The molecule has 1 aromatic heterocycles. The van der Waals surface area contributed by atoms with Crippen LogP contribution < -0.4 is 10.3 Å². The number of methoxy groups -OCH3 is 1. The zero-order chi connectivity index (χ0) is 13.2. The average Bonchev–Trinajstić information content (AvgIpc) is 2.77. The molecular weight excluding hydrogens is 258 g/mol. The van der Waals surface area contributed by atoms with Crippen molar-refractivity contribution in [2.75, 3.05) is 7.11 Å². The Morgan fingerprint density at radius 1 is 1.11 bits per heavy atom. The predicted octanol–water partition coefficient (Wildman–Crippen LogP) is 3.12. The van der Waals surface area contributed by atoms with Crippen molar-refractivity contribution in [2.45, 2.75) is 6.54 Å². The van der Waals surface area contributed by atoms with Gasteiger partial charge in [-0.05, 0) is 29.8 Å². The van der Waals surface area contributed by atoms with Crippen LogP contribution in [-0.4, -0.2) is 11.1 Å². The van der Waals surface area contributed by atoms with Gasteiger partial charge >= 0.3 is 0 Å². The van der Waals surface area contributed by atoms with Crippen LogP contribution in [0.1, 0.15) is 5.56 Å². The van der Waals surface area contributed by atoms with Gasteiger partial charge < -0.3 is 4.74 Å². The van der Waals surface area contributed by atoms with Crippen LogP contribution in [-0.2, 0) is 6.54 Å². The maximum atomic E-state index is 12.2. The number of fused-ring (bicyclic) bond motifs is 1. The Morgan fingerprint density at radius 2 is 1.84 bits per heavy atom. The summed E-state index contributed by atoms with van der Waals surface area (Å²) in [6, 6.07) is 15.5. The van der Waals surface area contributed by atoms with E-state index in [1.807, 2.05) is 48.5 Å². The highest BCUT2D eigenvalue weighted by Gasteiger charge is 2.07. The lowest BCUT2D eigenvalue weighted by atomic mass is 10.2. The van der Waals surface area contributed by atoms with Gasteiger partial charge in [-0.2, -0.15) is 0 Å². The molecule has 0 aliphatic carbocycles. The van der Waals surface area contributed by atoms with Crippen LogP contribution in [0.2, 0.25) is 0 Å². The normalized spacial score (nSPS) is 10.8. The molecule has 0 fully saturated rings. The number of ether oxygens (including phenoxy) is 1. The molecule has 1 heterocycles. The molecule has 19 heavy (non-hydrogen) atoms. The van der Waals surface area contributed by atoms with Crippen LogP contribution in [0.4, 0.5) is 0 Å². The van der Waals surface area contributed by atoms with E-state index in [-0.39, 0.29) is 5.56 Å². The minimum Gasteiger partial charge on any atom is -0.497 e. The lowest BCUT2D eigenvalue weighted by Gasteiger charge is -2.03. The predicted molar refractivity (Wildman–Crippen MR) is 78.2 cm³/mol. The third-order valence-electron chi connectivity index (χ3n) is 3.04. The third-order valence-corrected chi connectivity index (χ3v) is 4.11. The second kappa shape index (κ2) is 4.90.